The molecule has 1 aliphatic rings. The van der Waals surface area contributed by atoms with E-state index >= 15 is 0 Å². The Morgan fingerprint density at radius 3 is 2.70 bits per heavy atom. The van der Waals surface area contributed by atoms with Gasteiger partial charge in [0.05, 0.1) is 5.56 Å². The van der Waals surface area contributed by atoms with Crippen LogP contribution in [0.25, 0.3) is 0 Å². The van der Waals surface area contributed by atoms with Gasteiger partial charge in [-0.1, -0.05) is 31.5 Å². The Morgan fingerprint density at radius 1 is 1.13 bits per heavy atom. The number of anilines is 1. The van der Waals surface area contributed by atoms with Gasteiger partial charge in [-0.25, -0.2) is 4.39 Å². The molecule has 0 saturated carbocycles. The summed E-state index contributed by atoms with van der Waals surface area (Å²) in [4.78, 5) is 39.4. The van der Waals surface area contributed by atoms with Crippen LogP contribution in [0.1, 0.15) is 53.3 Å². The van der Waals surface area contributed by atoms with Crippen molar-refractivity contribution in [3.63, 3.8) is 0 Å². The van der Waals surface area contributed by atoms with Crippen molar-refractivity contribution in [1.29, 1.82) is 0 Å². The fraction of sp³-hybridized carbons (Fsp3) is 0.348. The third kappa shape index (κ3) is 5.03. The van der Waals surface area contributed by atoms with Gasteiger partial charge >= 0.3 is 0 Å². The second-order valence-electron chi connectivity index (χ2n) is 7.32. The minimum atomic E-state index is -0.615. The standard InChI is InChI=1S/C23H26FN3O3/c1-2-3-13-25-22(29)20-12-7-14-27(20)23(30)16-8-6-9-17(15-16)26-21(28)18-10-4-5-11-19(18)24/h4-6,8-11,15,20H,2-3,7,12-14H2,1H3,(H,25,29)(H,26,28). The average Bonchev–Trinajstić information content (AvgIpc) is 3.24. The van der Waals surface area contributed by atoms with Crippen LogP contribution in [0, 0.1) is 5.82 Å². The Morgan fingerprint density at radius 2 is 1.93 bits per heavy atom. The van der Waals surface area contributed by atoms with Gasteiger partial charge < -0.3 is 15.5 Å². The Balaban J connectivity index is 1.70. The molecule has 0 aliphatic carbocycles. The molecule has 0 spiro atoms. The maximum Gasteiger partial charge on any atom is 0.258 e. The van der Waals surface area contributed by atoms with Crippen LogP contribution in [0.4, 0.5) is 10.1 Å². The van der Waals surface area contributed by atoms with Gasteiger partial charge in [0.25, 0.3) is 11.8 Å². The second-order valence-corrected chi connectivity index (χ2v) is 7.32. The lowest BCUT2D eigenvalue weighted by molar-refractivity contribution is -0.124. The molecule has 1 aliphatic heterocycles. The van der Waals surface area contributed by atoms with E-state index in [1.54, 1.807) is 35.2 Å². The number of amides is 3. The third-order valence-electron chi connectivity index (χ3n) is 5.13. The number of unbranched alkanes of at least 4 members (excludes halogenated alkanes) is 1. The lowest BCUT2D eigenvalue weighted by atomic mass is 10.1. The predicted molar refractivity (Wildman–Crippen MR) is 113 cm³/mol. The second kappa shape index (κ2) is 10.0. The number of nitrogens with zero attached hydrogens (tertiary/aromatic N) is 1. The summed E-state index contributed by atoms with van der Waals surface area (Å²) >= 11 is 0. The summed E-state index contributed by atoms with van der Waals surface area (Å²) in [6.07, 6.45) is 3.28. The topological polar surface area (TPSA) is 78.5 Å². The monoisotopic (exact) mass is 411 g/mol. The number of nitrogens with one attached hydrogen (secondary N) is 2. The normalized spacial score (nSPS) is 15.7. The number of carbonyl (C=O) groups excluding carboxylic acids is 3. The van der Waals surface area contributed by atoms with E-state index < -0.39 is 17.8 Å². The van der Waals surface area contributed by atoms with E-state index in [1.165, 1.54) is 18.2 Å². The molecule has 2 aromatic carbocycles. The highest BCUT2D eigenvalue weighted by molar-refractivity contribution is 6.05. The molecule has 2 aromatic rings. The SMILES string of the molecule is CCCCNC(=O)C1CCCN1C(=O)c1cccc(NC(=O)c2ccccc2F)c1. The van der Waals surface area contributed by atoms with Crippen molar-refractivity contribution in [2.75, 3.05) is 18.4 Å². The summed E-state index contributed by atoms with van der Waals surface area (Å²) in [5.74, 6) is -1.59. The quantitative estimate of drug-likeness (QED) is 0.684. The molecule has 1 saturated heterocycles. The van der Waals surface area contributed by atoms with Crippen LogP contribution in [-0.2, 0) is 4.79 Å². The zero-order valence-corrected chi connectivity index (χ0v) is 17.0. The van der Waals surface area contributed by atoms with Crippen molar-refractivity contribution in [2.45, 2.75) is 38.6 Å². The molecule has 6 nitrogen and oxygen atoms in total. The zero-order chi connectivity index (χ0) is 21.5. The molecule has 0 aromatic heterocycles. The molecule has 0 radical (unpaired) electrons. The highest BCUT2D eigenvalue weighted by Crippen LogP contribution is 2.22. The van der Waals surface area contributed by atoms with Crippen molar-refractivity contribution in [3.05, 3.63) is 65.5 Å². The third-order valence-corrected chi connectivity index (χ3v) is 5.13. The van der Waals surface area contributed by atoms with Crippen LogP contribution < -0.4 is 10.6 Å². The lowest BCUT2D eigenvalue weighted by Gasteiger charge is -2.24. The van der Waals surface area contributed by atoms with Gasteiger partial charge in [0.1, 0.15) is 11.9 Å². The van der Waals surface area contributed by atoms with E-state index in [9.17, 15) is 18.8 Å². The van der Waals surface area contributed by atoms with Gasteiger partial charge in [0.2, 0.25) is 5.91 Å². The van der Waals surface area contributed by atoms with Gasteiger partial charge in [0.15, 0.2) is 0 Å². The molecule has 7 heteroatoms. The van der Waals surface area contributed by atoms with Crippen molar-refractivity contribution in [2.24, 2.45) is 0 Å². The number of rotatable bonds is 7. The highest BCUT2D eigenvalue weighted by atomic mass is 19.1. The maximum absolute atomic E-state index is 13.8. The first-order chi connectivity index (χ1) is 14.5. The predicted octanol–water partition coefficient (Wildman–Crippen LogP) is 3.60. The molecule has 1 fully saturated rings. The van der Waals surface area contributed by atoms with Gasteiger partial charge in [-0.05, 0) is 49.6 Å². The van der Waals surface area contributed by atoms with Crippen LogP contribution in [-0.4, -0.2) is 41.8 Å². The van der Waals surface area contributed by atoms with Crippen LogP contribution in [0.5, 0.6) is 0 Å². The van der Waals surface area contributed by atoms with Gasteiger partial charge in [-0.2, -0.15) is 0 Å². The number of benzene rings is 2. The Kier molecular flexibility index (Phi) is 7.17. The number of hydrogen-bond donors (Lipinski definition) is 2. The first-order valence-corrected chi connectivity index (χ1v) is 10.3. The number of likely N-dealkylation sites (tertiary alicyclic amines) is 1. The average molecular weight is 411 g/mol. The summed E-state index contributed by atoms with van der Waals surface area (Å²) < 4.78 is 13.8. The van der Waals surface area contributed by atoms with Crippen molar-refractivity contribution >= 4 is 23.4 Å². The first-order valence-electron chi connectivity index (χ1n) is 10.3. The van der Waals surface area contributed by atoms with E-state index in [1.807, 2.05) is 0 Å². The molecule has 2 N–H and O–H groups in total. The highest BCUT2D eigenvalue weighted by Gasteiger charge is 2.34. The molecule has 3 rings (SSSR count). The Hall–Kier alpha value is -3.22. The smallest absolute Gasteiger partial charge is 0.258 e. The molecule has 0 bridgehead atoms. The van der Waals surface area contributed by atoms with Gasteiger partial charge in [-0.15, -0.1) is 0 Å². The zero-order valence-electron chi connectivity index (χ0n) is 17.0. The van der Waals surface area contributed by atoms with E-state index in [4.69, 9.17) is 0 Å². The largest absolute Gasteiger partial charge is 0.354 e. The molecule has 3 amide bonds. The fourth-order valence-electron chi connectivity index (χ4n) is 3.53. The Bertz CT molecular complexity index is 931. The summed E-state index contributed by atoms with van der Waals surface area (Å²) in [5.41, 5.74) is 0.685. The minimum absolute atomic E-state index is 0.0717. The summed E-state index contributed by atoms with van der Waals surface area (Å²) in [5, 5.41) is 5.52. The summed E-state index contributed by atoms with van der Waals surface area (Å²) in [6, 6.07) is 11.7. The summed E-state index contributed by atoms with van der Waals surface area (Å²) in [6.45, 7) is 3.16. The first kappa shape index (κ1) is 21.5. The van der Waals surface area contributed by atoms with E-state index in [-0.39, 0.29) is 17.4 Å². The number of halogens is 1. The molecule has 30 heavy (non-hydrogen) atoms. The van der Waals surface area contributed by atoms with Crippen LogP contribution >= 0.6 is 0 Å². The number of carbonyl (C=O) groups is 3. The molecule has 1 unspecified atom stereocenters. The maximum atomic E-state index is 13.8. The van der Waals surface area contributed by atoms with Gasteiger partial charge in [0, 0.05) is 24.3 Å². The van der Waals surface area contributed by atoms with Crippen molar-refractivity contribution in [3.8, 4) is 0 Å². The summed E-state index contributed by atoms with van der Waals surface area (Å²) in [7, 11) is 0. The number of hydrogen-bond acceptors (Lipinski definition) is 3. The van der Waals surface area contributed by atoms with Gasteiger partial charge in [-0.3, -0.25) is 14.4 Å². The Labute approximate surface area is 175 Å². The minimum Gasteiger partial charge on any atom is -0.354 e. The molecule has 1 atom stereocenters. The van der Waals surface area contributed by atoms with E-state index in [0.717, 1.165) is 19.3 Å². The van der Waals surface area contributed by atoms with Crippen LogP contribution in [0.3, 0.4) is 0 Å². The molecular weight excluding hydrogens is 385 g/mol. The van der Waals surface area contributed by atoms with Crippen LogP contribution in [0.2, 0.25) is 0 Å². The lowest BCUT2D eigenvalue weighted by Crippen LogP contribution is -2.46. The van der Waals surface area contributed by atoms with E-state index in [0.29, 0.717) is 30.8 Å². The van der Waals surface area contributed by atoms with E-state index in [2.05, 4.69) is 17.6 Å². The molecule has 1 heterocycles. The molecular formula is C23H26FN3O3. The fourth-order valence-corrected chi connectivity index (χ4v) is 3.53. The van der Waals surface area contributed by atoms with Crippen molar-refractivity contribution < 1.29 is 18.8 Å². The molecule has 158 valence electrons. The van der Waals surface area contributed by atoms with Crippen LogP contribution in [0.15, 0.2) is 48.5 Å². The van der Waals surface area contributed by atoms with Crippen molar-refractivity contribution in [1.82, 2.24) is 10.2 Å².